The molecule has 0 aliphatic heterocycles. The normalized spacial score (nSPS) is 11.3. The van der Waals surface area contributed by atoms with Crippen LogP contribution in [0.4, 0.5) is 0 Å². The van der Waals surface area contributed by atoms with E-state index in [9.17, 15) is 0 Å². The summed E-state index contributed by atoms with van der Waals surface area (Å²) in [6.07, 6.45) is 6.90. The number of aromatic nitrogens is 2. The highest BCUT2D eigenvalue weighted by Crippen LogP contribution is 2.44. The highest BCUT2D eigenvalue weighted by Gasteiger charge is 2.22. The molecule has 0 spiro atoms. The van der Waals surface area contributed by atoms with Crippen LogP contribution in [0.2, 0.25) is 0 Å². The zero-order valence-electron chi connectivity index (χ0n) is 59.5. The van der Waals surface area contributed by atoms with Crippen molar-refractivity contribution in [1.29, 1.82) is 0 Å². The summed E-state index contributed by atoms with van der Waals surface area (Å²) in [4.78, 5) is 8.70. The summed E-state index contributed by atoms with van der Waals surface area (Å²) in [5, 5.41) is 0. The van der Waals surface area contributed by atoms with E-state index in [0.717, 1.165) is 11.1 Å². The Kier molecular flexibility index (Phi) is 49.0. The minimum atomic E-state index is 0.0493. The van der Waals surface area contributed by atoms with Gasteiger partial charge in [-0.25, -0.2) is 0 Å². The molecular formula is C72H108N2O26. The smallest absolute Gasteiger partial charge is 0.203 e. The van der Waals surface area contributed by atoms with Gasteiger partial charge in [0, 0.05) is 78.6 Å². The van der Waals surface area contributed by atoms with E-state index in [4.69, 9.17) is 123 Å². The highest BCUT2D eigenvalue weighted by molar-refractivity contribution is 5.81. The van der Waals surface area contributed by atoms with Gasteiger partial charge in [-0.15, -0.1) is 0 Å². The molecule has 0 aliphatic rings. The first-order valence-electron chi connectivity index (χ1n) is 33.7. The van der Waals surface area contributed by atoms with Crippen molar-refractivity contribution in [3.63, 3.8) is 0 Å². The van der Waals surface area contributed by atoms with Crippen molar-refractivity contribution in [2.75, 3.05) is 281 Å². The molecule has 0 saturated carbocycles. The van der Waals surface area contributed by atoms with E-state index in [1.54, 1.807) is 67.4 Å². The first-order valence-corrected chi connectivity index (χ1v) is 33.7. The predicted octanol–water partition coefficient (Wildman–Crippen LogP) is 7.32. The lowest BCUT2D eigenvalue weighted by Crippen LogP contribution is -2.16. The first kappa shape index (κ1) is 84.3. The van der Waals surface area contributed by atoms with E-state index in [2.05, 4.69) is 9.97 Å². The van der Waals surface area contributed by atoms with Gasteiger partial charge in [-0.2, -0.15) is 0 Å². The second kappa shape index (κ2) is 58.2. The fraction of sp³-hybridized carbons (Fsp3) is 0.611. The average molecular weight is 1420 g/mol. The van der Waals surface area contributed by atoms with E-state index in [0.29, 0.717) is 227 Å². The van der Waals surface area contributed by atoms with Crippen LogP contribution in [0.25, 0.3) is 22.3 Å². The molecule has 2 aromatic heterocycles. The quantitative estimate of drug-likeness (QED) is 0.0345. The molecule has 0 fully saturated rings. The Morgan fingerprint density at radius 3 is 0.630 bits per heavy atom. The second-order valence-electron chi connectivity index (χ2n) is 21.1. The Balaban J connectivity index is 1.50. The number of rotatable bonds is 68. The zero-order valence-corrected chi connectivity index (χ0v) is 59.5. The SMILES string of the molecule is COCCOCCOCCOc1cc(COc2cc(-c3ccncc3)c(OCc3cc(OCCOCCOCCOC)c(OCCOCCOCCOC)c(OCCOCCOCCOC)c3)cc2-c2ccncc2)cc(OCCOCCOCCOC)c1OCCOCCOCCOC. The minimum Gasteiger partial charge on any atom is -0.488 e. The first-order chi connectivity index (χ1) is 49.5. The molecule has 5 aromatic rings. The Bertz CT molecular complexity index is 2490. The Morgan fingerprint density at radius 2 is 0.410 bits per heavy atom. The van der Waals surface area contributed by atoms with Crippen LogP contribution in [-0.2, 0) is 98.5 Å². The van der Waals surface area contributed by atoms with Crippen molar-refractivity contribution in [3.05, 3.63) is 96.6 Å². The van der Waals surface area contributed by atoms with Gasteiger partial charge < -0.3 is 123 Å². The van der Waals surface area contributed by atoms with Crippen molar-refractivity contribution in [1.82, 2.24) is 9.97 Å². The second-order valence-corrected chi connectivity index (χ2v) is 21.1. The van der Waals surface area contributed by atoms with Crippen LogP contribution in [0.1, 0.15) is 11.1 Å². The topological polar surface area (TPSA) is 266 Å². The molecule has 0 saturated heterocycles. The lowest BCUT2D eigenvalue weighted by atomic mass is 9.99. The minimum absolute atomic E-state index is 0.0493. The third kappa shape index (κ3) is 37.5. The molecule has 2 heterocycles. The van der Waals surface area contributed by atoms with Crippen molar-refractivity contribution in [3.8, 4) is 68.2 Å². The van der Waals surface area contributed by atoms with E-state index in [-0.39, 0.29) is 92.5 Å². The third-order valence-electron chi connectivity index (χ3n) is 13.7. The van der Waals surface area contributed by atoms with Gasteiger partial charge in [0.25, 0.3) is 0 Å². The molecule has 5 rings (SSSR count). The molecule has 0 radical (unpaired) electrons. The molecular weight excluding hydrogens is 1310 g/mol. The van der Waals surface area contributed by atoms with Crippen LogP contribution in [0.5, 0.6) is 46.0 Å². The number of benzene rings is 3. The van der Waals surface area contributed by atoms with Crippen LogP contribution in [0, 0.1) is 0 Å². The van der Waals surface area contributed by atoms with E-state index in [1.807, 2.05) is 60.7 Å². The molecule has 0 bridgehead atoms. The summed E-state index contributed by atoms with van der Waals surface area (Å²) in [6.45, 7) is 13.0. The average Bonchev–Trinajstić information content (AvgIpc) is 0.795. The highest BCUT2D eigenvalue weighted by atomic mass is 16.6. The maximum absolute atomic E-state index is 6.96. The number of hydrogen-bond donors (Lipinski definition) is 0. The third-order valence-corrected chi connectivity index (χ3v) is 13.7. The molecule has 0 aliphatic carbocycles. The number of methoxy groups -OCH3 is 6. The fourth-order valence-electron chi connectivity index (χ4n) is 8.81. The largest absolute Gasteiger partial charge is 0.488 e. The van der Waals surface area contributed by atoms with Crippen molar-refractivity contribution < 1.29 is 123 Å². The van der Waals surface area contributed by atoms with Gasteiger partial charge >= 0.3 is 0 Å². The van der Waals surface area contributed by atoms with Gasteiger partial charge in [0.05, 0.1) is 198 Å². The molecule has 28 heteroatoms. The molecule has 28 nitrogen and oxygen atoms in total. The molecule has 0 N–H and O–H groups in total. The monoisotopic (exact) mass is 1420 g/mol. The molecule has 0 atom stereocenters. The maximum Gasteiger partial charge on any atom is 0.203 e. The molecule has 562 valence electrons. The molecule has 3 aromatic carbocycles. The van der Waals surface area contributed by atoms with Gasteiger partial charge in [-0.1, -0.05) is 0 Å². The van der Waals surface area contributed by atoms with E-state index < -0.39 is 0 Å². The van der Waals surface area contributed by atoms with Crippen LogP contribution < -0.4 is 37.9 Å². The lowest BCUT2D eigenvalue weighted by Gasteiger charge is -2.21. The van der Waals surface area contributed by atoms with Crippen LogP contribution in [0.15, 0.2) is 85.5 Å². The summed E-state index contributed by atoms with van der Waals surface area (Å²) in [6, 6.07) is 19.0. The van der Waals surface area contributed by atoms with Crippen molar-refractivity contribution >= 4 is 0 Å². The Morgan fingerprint density at radius 1 is 0.210 bits per heavy atom. The van der Waals surface area contributed by atoms with Gasteiger partial charge in [-0.3, -0.25) is 9.97 Å². The standard InChI is InChI=1S/C72H108N2O26/c1-75-15-21-81-27-33-87-39-45-93-67-51-59(52-68(94-46-40-88-34-28-82-22-16-76-2)71(67)97-49-43-91-37-31-85-25-19-79-5)57-99-65-55-64(62-9-13-74-14-10-62)66(56-63(65)61-7-11-73-12-8-61)100-58-60-53-69(95-47-41-89-35-29-83-23-17-77-3)72(98-50-44-92-38-32-86-26-20-80-6)70(54-60)96-48-42-90-36-30-84-24-18-78-4/h7-14,51-56H,15-50,57-58H2,1-6H3. The van der Waals surface area contributed by atoms with Crippen LogP contribution in [0.3, 0.4) is 0 Å². The van der Waals surface area contributed by atoms with Gasteiger partial charge in [0.1, 0.15) is 64.4 Å². The summed E-state index contributed by atoms with van der Waals surface area (Å²) in [5.41, 5.74) is 4.45. The summed E-state index contributed by atoms with van der Waals surface area (Å²) < 4.78 is 152. The summed E-state index contributed by atoms with van der Waals surface area (Å²) >= 11 is 0. The van der Waals surface area contributed by atoms with Crippen molar-refractivity contribution in [2.45, 2.75) is 13.2 Å². The van der Waals surface area contributed by atoms with E-state index in [1.165, 1.54) is 0 Å². The number of ether oxygens (including phenoxy) is 26. The fourth-order valence-corrected chi connectivity index (χ4v) is 8.81. The molecule has 100 heavy (non-hydrogen) atoms. The number of hydrogen-bond acceptors (Lipinski definition) is 28. The van der Waals surface area contributed by atoms with Gasteiger partial charge in [-0.05, 0) is 82.9 Å². The van der Waals surface area contributed by atoms with Crippen LogP contribution in [-0.4, -0.2) is 290 Å². The maximum atomic E-state index is 6.96. The molecule has 0 amide bonds. The van der Waals surface area contributed by atoms with Crippen molar-refractivity contribution in [2.24, 2.45) is 0 Å². The predicted molar refractivity (Wildman–Crippen MR) is 369 cm³/mol. The Labute approximate surface area is 589 Å². The van der Waals surface area contributed by atoms with Crippen LogP contribution >= 0.6 is 0 Å². The summed E-state index contributed by atoms with van der Waals surface area (Å²) in [5.74, 6) is 3.38. The van der Waals surface area contributed by atoms with Gasteiger partial charge in [0.2, 0.25) is 11.5 Å². The number of pyridine rings is 2. The zero-order chi connectivity index (χ0) is 70.7. The molecule has 0 unspecified atom stereocenters. The summed E-state index contributed by atoms with van der Waals surface area (Å²) in [7, 11) is 9.77. The lowest BCUT2D eigenvalue weighted by molar-refractivity contribution is 0.0146. The number of nitrogens with zero attached hydrogens (tertiary/aromatic N) is 2. The van der Waals surface area contributed by atoms with E-state index >= 15 is 0 Å². The van der Waals surface area contributed by atoms with Gasteiger partial charge in [0.15, 0.2) is 23.0 Å². The Hall–Kier alpha value is -6.36.